The zero-order valence-corrected chi connectivity index (χ0v) is 18.3. The van der Waals surface area contributed by atoms with Crippen molar-refractivity contribution >= 4 is 48.3 Å². The maximum absolute atomic E-state index is 13.1. The third-order valence-electron chi connectivity index (χ3n) is 4.59. The molecule has 6 nitrogen and oxygen atoms in total. The van der Waals surface area contributed by atoms with Gasteiger partial charge in [-0.15, -0.1) is 0 Å². The van der Waals surface area contributed by atoms with Crippen molar-refractivity contribution in [2.75, 3.05) is 10.0 Å². The van der Waals surface area contributed by atoms with Gasteiger partial charge in [0.15, 0.2) is 5.13 Å². The monoisotopic (exact) mass is 455 g/mol. The molecule has 1 amide bonds. The standard InChI is InChI=1S/C22H18FN3O3S2/c1-13-11-14(2)20-19(12-13)30-22(24-20)25-21(27)17-5-3-4-6-18(17)26-31(28,29)16-9-7-15(23)8-10-16/h3-12,26H,1-2H3,(H,24,25,27). The summed E-state index contributed by atoms with van der Waals surface area (Å²) in [5.41, 5.74) is 3.18. The van der Waals surface area contributed by atoms with E-state index in [9.17, 15) is 17.6 Å². The van der Waals surface area contributed by atoms with E-state index < -0.39 is 21.7 Å². The molecule has 1 heterocycles. The summed E-state index contributed by atoms with van der Waals surface area (Å²) in [5.74, 6) is -1.04. The number of aromatic nitrogens is 1. The lowest BCUT2D eigenvalue weighted by atomic mass is 10.1. The number of rotatable bonds is 5. The number of sulfonamides is 1. The normalized spacial score (nSPS) is 11.5. The predicted octanol–water partition coefficient (Wildman–Crippen LogP) is 5.11. The second kappa shape index (κ2) is 8.09. The molecule has 9 heteroatoms. The minimum atomic E-state index is -4.00. The van der Waals surface area contributed by atoms with Crippen molar-refractivity contribution in [3.63, 3.8) is 0 Å². The van der Waals surface area contributed by atoms with E-state index in [4.69, 9.17) is 0 Å². The summed E-state index contributed by atoms with van der Waals surface area (Å²) in [4.78, 5) is 17.3. The van der Waals surface area contributed by atoms with Gasteiger partial charge in [-0.25, -0.2) is 17.8 Å². The molecule has 4 rings (SSSR count). The lowest BCUT2D eigenvalue weighted by Crippen LogP contribution is -2.18. The fraction of sp³-hybridized carbons (Fsp3) is 0.0909. The zero-order chi connectivity index (χ0) is 22.2. The summed E-state index contributed by atoms with van der Waals surface area (Å²) < 4.78 is 41.8. The SMILES string of the molecule is Cc1cc(C)c2nc(NC(=O)c3ccccc3NS(=O)(=O)c3ccc(F)cc3)sc2c1. The number of halogens is 1. The predicted molar refractivity (Wildman–Crippen MR) is 121 cm³/mol. The first kappa shape index (κ1) is 21.0. The van der Waals surface area contributed by atoms with Gasteiger partial charge >= 0.3 is 0 Å². The van der Waals surface area contributed by atoms with Gasteiger partial charge in [0.1, 0.15) is 5.82 Å². The van der Waals surface area contributed by atoms with E-state index in [0.29, 0.717) is 5.13 Å². The minimum absolute atomic E-state index is 0.109. The fourth-order valence-corrected chi connectivity index (χ4v) is 5.29. The zero-order valence-electron chi connectivity index (χ0n) is 16.6. The Morgan fingerprint density at radius 1 is 1.03 bits per heavy atom. The van der Waals surface area contributed by atoms with E-state index in [-0.39, 0.29) is 16.1 Å². The van der Waals surface area contributed by atoms with Crippen LogP contribution in [0.2, 0.25) is 0 Å². The molecule has 0 unspecified atom stereocenters. The van der Waals surface area contributed by atoms with Crippen LogP contribution in [0.3, 0.4) is 0 Å². The van der Waals surface area contributed by atoms with Crippen LogP contribution in [-0.2, 0) is 10.0 Å². The average Bonchev–Trinajstić information content (AvgIpc) is 3.11. The van der Waals surface area contributed by atoms with Crippen LogP contribution in [0.1, 0.15) is 21.5 Å². The Balaban J connectivity index is 1.61. The van der Waals surface area contributed by atoms with E-state index in [1.54, 1.807) is 12.1 Å². The second-order valence-electron chi connectivity index (χ2n) is 7.01. The van der Waals surface area contributed by atoms with Gasteiger partial charge in [-0.1, -0.05) is 29.5 Å². The number of hydrogen-bond donors (Lipinski definition) is 2. The average molecular weight is 456 g/mol. The minimum Gasteiger partial charge on any atom is -0.298 e. The Bertz CT molecular complexity index is 1400. The van der Waals surface area contributed by atoms with E-state index in [1.807, 2.05) is 26.0 Å². The number of benzene rings is 3. The number of aryl methyl sites for hydroxylation is 2. The molecule has 0 fully saturated rings. The number of nitrogens with zero attached hydrogens (tertiary/aromatic N) is 1. The number of fused-ring (bicyclic) bond motifs is 1. The summed E-state index contributed by atoms with van der Waals surface area (Å²) in [6.07, 6.45) is 0. The van der Waals surface area contributed by atoms with E-state index in [0.717, 1.165) is 45.6 Å². The Labute approximate surface area is 182 Å². The fourth-order valence-electron chi connectivity index (χ4n) is 3.18. The number of amides is 1. The molecule has 1 aromatic heterocycles. The van der Waals surface area contributed by atoms with Crippen molar-refractivity contribution in [3.05, 3.63) is 83.2 Å². The van der Waals surface area contributed by atoms with Gasteiger partial charge < -0.3 is 0 Å². The summed E-state index contributed by atoms with van der Waals surface area (Å²) >= 11 is 1.35. The molecule has 0 aliphatic rings. The molecule has 0 spiro atoms. The number of para-hydroxylation sites is 1. The largest absolute Gasteiger partial charge is 0.298 e. The van der Waals surface area contributed by atoms with Crippen LogP contribution in [0.25, 0.3) is 10.2 Å². The molecule has 31 heavy (non-hydrogen) atoms. The molecule has 0 radical (unpaired) electrons. The molecule has 3 aromatic carbocycles. The van der Waals surface area contributed by atoms with Crippen molar-refractivity contribution in [1.29, 1.82) is 0 Å². The number of nitrogens with one attached hydrogen (secondary N) is 2. The van der Waals surface area contributed by atoms with Gasteiger partial charge in [-0.3, -0.25) is 14.8 Å². The van der Waals surface area contributed by atoms with Gasteiger partial charge in [0, 0.05) is 0 Å². The van der Waals surface area contributed by atoms with Crippen LogP contribution < -0.4 is 10.0 Å². The summed E-state index contributed by atoms with van der Waals surface area (Å²) in [6.45, 7) is 3.95. The Kier molecular flexibility index (Phi) is 5.47. The maximum Gasteiger partial charge on any atom is 0.261 e. The summed E-state index contributed by atoms with van der Waals surface area (Å²) in [6, 6.07) is 14.7. The quantitative estimate of drug-likeness (QED) is 0.438. The van der Waals surface area contributed by atoms with Crippen LogP contribution in [0.15, 0.2) is 65.6 Å². The highest BCUT2D eigenvalue weighted by atomic mass is 32.2. The Morgan fingerprint density at radius 2 is 1.74 bits per heavy atom. The lowest BCUT2D eigenvalue weighted by Gasteiger charge is -2.12. The third-order valence-corrected chi connectivity index (χ3v) is 6.89. The third kappa shape index (κ3) is 4.42. The van der Waals surface area contributed by atoms with Crippen LogP contribution in [0, 0.1) is 19.7 Å². The van der Waals surface area contributed by atoms with Crippen LogP contribution in [0.5, 0.6) is 0 Å². The number of carbonyl (C=O) groups is 1. The summed E-state index contributed by atoms with van der Waals surface area (Å²) in [7, 11) is -4.00. The Morgan fingerprint density at radius 3 is 2.48 bits per heavy atom. The van der Waals surface area contributed by atoms with Gasteiger partial charge in [0.25, 0.3) is 15.9 Å². The first-order valence-electron chi connectivity index (χ1n) is 9.29. The van der Waals surface area contributed by atoms with Crippen LogP contribution in [0.4, 0.5) is 15.2 Å². The first-order valence-corrected chi connectivity index (χ1v) is 11.6. The summed E-state index contributed by atoms with van der Waals surface area (Å²) in [5, 5.41) is 3.17. The molecule has 4 aromatic rings. The number of hydrogen-bond acceptors (Lipinski definition) is 5. The highest BCUT2D eigenvalue weighted by Crippen LogP contribution is 2.30. The van der Waals surface area contributed by atoms with Gasteiger partial charge in [-0.05, 0) is 67.4 Å². The second-order valence-corrected chi connectivity index (χ2v) is 9.72. The van der Waals surface area contributed by atoms with E-state index >= 15 is 0 Å². The maximum atomic E-state index is 13.1. The molecule has 0 aliphatic heterocycles. The van der Waals surface area contributed by atoms with Crippen molar-refractivity contribution in [2.24, 2.45) is 0 Å². The van der Waals surface area contributed by atoms with E-state index in [2.05, 4.69) is 15.0 Å². The molecule has 0 atom stereocenters. The van der Waals surface area contributed by atoms with Gasteiger partial charge in [0.2, 0.25) is 0 Å². The van der Waals surface area contributed by atoms with E-state index in [1.165, 1.54) is 23.5 Å². The lowest BCUT2D eigenvalue weighted by molar-refractivity contribution is 0.102. The molecule has 0 saturated carbocycles. The van der Waals surface area contributed by atoms with Crippen LogP contribution >= 0.6 is 11.3 Å². The van der Waals surface area contributed by atoms with Crippen molar-refractivity contribution in [2.45, 2.75) is 18.7 Å². The molecule has 0 saturated heterocycles. The Hall–Kier alpha value is -3.30. The molecule has 158 valence electrons. The topological polar surface area (TPSA) is 88.2 Å². The van der Waals surface area contributed by atoms with Gasteiger partial charge in [0.05, 0.1) is 26.4 Å². The van der Waals surface area contributed by atoms with Crippen molar-refractivity contribution in [3.8, 4) is 0 Å². The highest BCUT2D eigenvalue weighted by Gasteiger charge is 2.20. The molecular formula is C22H18FN3O3S2. The van der Waals surface area contributed by atoms with Gasteiger partial charge in [-0.2, -0.15) is 0 Å². The first-order chi connectivity index (χ1) is 14.7. The van der Waals surface area contributed by atoms with Crippen molar-refractivity contribution < 1.29 is 17.6 Å². The highest BCUT2D eigenvalue weighted by molar-refractivity contribution is 7.92. The number of thiazole rings is 1. The molecular weight excluding hydrogens is 437 g/mol. The molecule has 2 N–H and O–H groups in total. The smallest absolute Gasteiger partial charge is 0.261 e. The van der Waals surface area contributed by atoms with Crippen LogP contribution in [-0.4, -0.2) is 19.3 Å². The molecule has 0 aliphatic carbocycles. The van der Waals surface area contributed by atoms with Crippen molar-refractivity contribution in [1.82, 2.24) is 4.98 Å². The molecule has 0 bridgehead atoms. The number of anilines is 2. The number of carbonyl (C=O) groups excluding carboxylic acids is 1.